The fraction of sp³-hybridized carbons (Fsp3) is 0.750. The average molecular weight is 141 g/mol. The molecule has 1 aliphatic heterocycles. The second-order valence-electron chi connectivity index (χ2n) is 2.80. The van der Waals surface area contributed by atoms with E-state index in [1.165, 1.54) is 19.4 Å². The van der Waals surface area contributed by atoms with Crippen LogP contribution >= 0.6 is 0 Å². The van der Waals surface area contributed by atoms with Crippen molar-refractivity contribution in [1.29, 1.82) is 0 Å². The number of rotatable bonds is 2. The van der Waals surface area contributed by atoms with Crippen LogP contribution in [0, 0.1) is 0 Å². The van der Waals surface area contributed by atoms with Crippen molar-refractivity contribution in [2.24, 2.45) is 0 Å². The molecule has 0 spiro atoms. The van der Waals surface area contributed by atoms with E-state index in [2.05, 4.69) is 18.0 Å². The molecule has 1 heterocycles. The van der Waals surface area contributed by atoms with Gasteiger partial charge in [0.1, 0.15) is 0 Å². The Hall–Kier alpha value is -0.340. The van der Waals surface area contributed by atoms with Crippen LogP contribution in [-0.4, -0.2) is 36.2 Å². The lowest BCUT2D eigenvalue weighted by atomic mass is 10.2. The van der Waals surface area contributed by atoms with Crippen molar-refractivity contribution < 1.29 is 5.11 Å². The van der Waals surface area contributed by atoms with Crippen LogP contribution in [0.2, 0.25) is 0 Å². The largest absolute Gasteiger partial charge is 0.392 e. The van der Waals surface area contributed by atoms with Crippen LogP contribution in [0.5, 0.6) is 0 Å². The lowest BCUT2D eigenvalue weighted by Gasteiger charge is -2.14. The molecular formula is C8H15NO. The lowest BCUT2D eigenvalue weighted by Crippen LogP contribution is -2.22. The SMILES string of the molecule is CN1CCCC1/C=C\CO. The van der Waals surface area contributed by atoms with Crippen LogP contribution in [0.25, 0.3) is 0 Å². The summed E-state index contributed by atoms with van der Waals surface area (Å²) in [4.78, 5) is 2.31. The van der Waals surface area contributed by atoms with Crippen molar-refractivity contribution in [3.8, 4) is 0 Å². The summed E-state index contributed by atoms with van der Waals surface area (Å²) >= 11 is 0. The molecule has 0 amide bonds. The number of hydrogen-bond acceptors (Lipinski definition) is 2. The van der Waals surface area contributed by atoms with E-state index in [0.29, 0.717) is 6.04 Å². The van der Waals surface area contributed by atoms with Gasteiger partial charge in [-0.05, 0) is 26.4 Å². The van der Waals surface area contributed by atoms with E-state index >= 15 is 0 Å². The Morgan fingerprint density at radius 1 is 1.70 bits per heavy atom. The molecule has 2 heteroatoms. The van der Waals surface area contributed by atoms with Gasteiger partial charge in [0, 0.05) is 6.04 Å². The molecule has 1 fully saturated rings. The van der Waals surface area contributed by atoms with Crippen LogP contribution in [-0.2, 0) is 0 Å². The van der Waals surface area contributed by atoms with E-state index < -0.39 is 0 Å². The van der Waals surface area contributed by atoms with Crippen molar-refractivity contribution in [1.82, 2.24) is 4.90 Å². The van der Waals surface area contributed by atoms with Crippen LogP contribution < -0.4 is 0 Å². The summed E-state index contributed by atoms with van der Waals surface area (Å²) in [6, 6.07) is 0.576. The smallest absolute Gasteiger partial charge is 0.0612 e. The van der Waals surface area contributed by atoms with Gasteiger partial charge in [-0.1, -0.05) is 12.2 Å². The number of likely N-dealkylation sites (tertiary alicyclic amines) is 1. The first kappa shape index (κ1) is 7.76. The standard InChI is InChI=1S/C8H15NO/c1-9-6-2-4-8(9)5-3-7-10/h3,5,8,10H,2,4,6-7H2,1H3/b5-3-. The summed E-state index contributed by atoms with van der Waals surface area (Å²) < 4.78 is 0. The average Bonchev–Trinajstić information content (AvgIpc) is 2.31. The Labute approximate surface area is 62.2 Å². The third-order valence-corrected chi connectivity index (χ3v) is 2.04. The molecule has 0 aromatic rings. The Bertz CT molecular complexity index is 122. The Morgan fingerprint density at radius 2 is 2.50 bits per heavy atom. The maximum atomic E-state index is 8.51. The zero-order valence-corrected chi connectivity index (χ0v) is 6.45. The zero-order chi connectivity index (χ0) is 7.40. The molecule has 2 nitrogen and oxygen atoms in total. The second-order valence-corrected chi connectivity index (χ2v) is 2.80. The maximum absolute atomic E-state index is 8.51. The third kappa shape index (κ3) is 1.82. The quantitative estimate of drug-likeness (QED) is 0.570. The molecule has 58 valence electrons. The normalized spacial score (nSPS) is 28.4. The summed E-state index contributed by atoms with van der Waals surface area (Å²) in [5.74, 6) is 0. The van der Waals surface area contributed by atoms with Crippen molar-refractivity contribution in [3.63, 3.8) is 0 Å². The van der Waals surface area contributed by atoms with Gasteiger partial charge in [-0.25, -0.2) is 0 Å². The van der Waals surface area contributed by atoms with E-state index in [9.17, 15) is 0 Å². The zero-order valence-electron chi connectivity index (χ0n) is 6.45. The Kier molecular flexibility index (Phi) is 2.90. The van der Waals surface area contributed by atoms with Gasteiger partial charge in [0.25, 0.3) is 0 Å². The monoisotopic (exact) mass is 141 g/mol. The van der Waals surface area contributed by atoms with Gasteiger partial charge in [0.05, 0.1) is 6.61 Å². The van der Waals surface area contributed by atoms with Crippen molar-refractivity contribution in [2.45, 2.75) is 18.9 Å². The first-order valence-electron chi connectivity index (χ1n) is 3.82. The predicted octanol–water partition coefficient (Wildman–Crippen LogP) is 0.629. The first-order chi connectivity index (χ1) is 4.84. The fourth-order valence-electron chi connectivity index (χ4n) is 1.40. The van der Waals surface area contributed by atoms with Crippen molar-refractivity contribution in [2.75, 3.05) is 20.2 Å². The highest BCUT2D eigenvalue weighted by Gasteiger charge is 2.16. The molecule has 1 N–H and O–H groups in total. The number of aliphatic hydroxyl groups excluding tert-OH is 1. The Morgan fingerprint density at radius 3 is 3.00 bits per heavy atom. The molecule has 0 aromatic carbocycles. The minimum Gasteiger partial charge on any atom is -0.392 e. The van der Waals surface area contributed by atoms with E-state index in [-0.39, 0.29) is 6.61 Å². The molecule has 10 heavy (non-hydrogen) atoms. The molecule has 0 saturated carbocycles. The van der Waals surface area contributed by atoms with E-state index in [0.717, 1.165) is 0 Å². The highest BCUT2D eigenvalue weighted by Crippen LogP contribution is 2.15. The van der Waals surface area contributed by atoms with Gasteiger partial charge in [-0.2, -0.15) is 0 Å². The molecule has 1 unspecified atom stereocenters. The predicted molar refractivity (Wildman–Crippen MR) is 41.9 cm³/mol. The van der Waals surface area contributed by atoms with Gasteiger partial charge in [0.2, 0.25) is 0 Å². The van der Waals surface area contributed by atoms with Crippen LogP contribution in [0.1, 0.15) is 12.8 Å². The number of aliphatic hydroxyl groups is 1. The number of hydrogen-bond donors (Lipinski definition) is 1. The summed E-state index contributed by atoms with van der Waals surface area (Å²) in [7, 11) is 2.12. The highest BCUT2D eigenvalue weighted by atomic mass is 16.2. The van der Waals surface area contributed by atoms with Gasteiger partial charge in [0.15, 0.2) is 0 Å². The fourth-order valence-corrected chi connectivity index (χ4v) is 1.40. The van der Waals surface area contributed by atoms with E-state index in [1.807, 2.05) is 6.08 Å². The second kappa shape index (κ2) is 3.74. The highest BCUT2D eigenvalue weighted by molar-refractivity contribution is 4.96. The van der Waals surface area contributed by atoms with Crippen molar-refractivity contribution in [3.05, 3.63) is 12.2 Å². The summed E-state index contributed by atoms with van der Waals surface area (Å²) in [6.07, 6.45) is 6.45. The molecule has 0 bridgehead atoms. The van der Waals surface area contributed by atoms with Crippen LogP contribution in [0.4, 0.5) is 0 Å². The molecule has 1 aliphatic rings. The molecule has 0 aliphatic carbocycles. The van der Waals surface area contributed by atoms with Gasteiger partial charge in [-0.3, -0.25) is 4.90 Å². The van der Waals surface area contributed by atoms with E-state index in [1.54, 1.807) is 0 Å². The molecule has 1 rings (SSSR count). The van der Waals surface area contributed by atoms with E-state index in [4.69, 9.17) is 5.11 Å². The third-order valence-electron chi connectivity index (χ3n) is 2.04. The molecule has 0 radical (unpaired) electrons. The maximum Gasteiger partial charge on any atom is 0.0612 e. The van der Waals surface area contributed by atoms with Crippen LogP contribution in [0.15, 0.2) is 12.2 Å². The van der Waals surface area contributed by atoms with Gasteiger partial charge < -0.3 is 5.11 Å². The molecule has 1 atom stereocenters. The molecule has 1 saturated heterocycles. The minimum atomic E-state index is 0.171. The number of nitrogens with zero attached hydrogens (tertiary/aromatic N) is 1. The Balaban J connectivity index is 2.33. The topological polar surface area (TPSA) is 23.5 Å². The van der Waals surface area contributed by atoms with Gasteiger partial charge >= 0.3 is 0 Å². The van der Waals surface area contributed by atoms with Crippen LogP contribution in [0.3, 0.4) is 0 Å². The summed E-state index contributed by atoms with van der Waals surface area (Å²) in [6.45, 7) is 1.37. The van der Waals surface area contributed by atoms with Crippen molar-refractivity contribution >= 4 is 0 Å². The summed E-state index contributed by atoms with van der Waals surface area (Å²) in [5, 5.41) is 8.51. The number of likely N-dealkylation sites (N-methyl/N-ethyl adjacent to an activating group) is 1. The first-order valence-corrected chi connectivity index (χ1v) is 3.82. The summed E-state index contributed by atoms with van der Waals surface area (Å²) in [5.41, 5.74) is 0. The lowest BCUT2D eigenvalue weighted by molar-refractivity contribution is 0.334. The molecule has 0 aromatic heterocycles. The minimum absolute atomic E-state index is 0.171. The molecular weight excluding hydrogens is 126 g/mol. The van der Waals surface area contributed by atoms with Gasteiger partial charge in [-0.15, -0.1) is 0 Å².